The van der Waals surface area contributed by atoms with E-state index < -0.39 is 11.4 Å². The van der Waals surface area contributed by atoms with Crippen molar-refractivity contribution < 1.29 is 14.6 Å². The average molecular weight is 266 g/mol. The van der Waals surface area contributed by atoms with Crippen LogP contribution in [0, 0.1) is 5.41 Å². The zero-order valence-electron chi connectivity index (χ0n) is 9.83. The van der Waals surface area contributed by atoms with Gasteiger partial charge in [-0.05, 0) is 12.8 Å². The van der Waals surface area contributed by atoms with E-state index >= 15 is 0 Å². The minimum absolute atomic E-state index is 0.486. The summed E-state index contributed by atoms with van der Waals surface area (Å²) in [5.74, 6) is -0.734. The molecule has 0 unspecified atom stereocenters. The van der Waals surface area contributed by atoms with Crippen molar-refractivity contribution >= 4 is 22.3 Å². The fourth-order valence-corrected chi connectivity index (χ4v) is 3.16. The molecule has 6 heteroatoms. The molecule has 0 saturated carbocycles. The predicted octanol–water partition coefficient (Wildman–Crippen LogP) is 1.82. The molecule has 1 saturated heterocycles. The number of aromatic nitrogens is 2. The summed E-state index contributed by atoms with van der Waals surface area (Å²) in [5, 5.41) is 11.5. The van der Waals surface area contributed by atoms with Crippen molar-refractivity contribution in [1.29, 1.82) is 0 Å². The maximum atomic E-state index is 11.5. The first-order valence-electron chi connectivity index (χ1n) is 5.92. The van der Waals surface area contributed by atoms with Gasteiger partial charge in [0.1, 0.15) is 0 Å². The maximum absolute atomic E-state index is 11.5. The second-order valence-corrected chi connectivity index (χ2v) is 5.57. The molecule has 0 spiro atoms. The molecule has 0 radical (unpaired) electrons. The standard InChI is InChI=1S/C12H14N2O3S/c15-10(16)12(1-4-17-5-2-12)7-9-8-14-3-6-18-11(14)13-9/h3,6,8H,1-2,4-5,7H2,(H,15,16). The van der Waals surface area contributed by atoms with E-state index in [1.807, 2.05) is 22.2 Å². The van der Waals surface area contributed by atoms with Gasteiger partial charge in [0.2, 0.25) is 0 Å². The van der Waals surface area contributed by atoms with E-state index in [0.717, 1.165) is 10.7 Å². The topological polar surface area (TPSA) is 63.8 Å². The summed E-state index contributed by atoms with van der Waals surface area (Å²) < 4.78 is 7.21. The van der Waals surface area contributed by atoms with Gasteiger partial charge in [-0.25, -0.2) is 4.98 Å². The predicted molar refractivity (Wildman–Crippen MR) is 66.9 cm³/mol. The van der Waals surface area contributed by atoms with Gasteiger partial charge in [-0.15, -0.1) is 11.3 Å². The van der Waals surface area contributed by atoms with E-state index in [-0.39, 0.29) is 0 Å². The van der Waals surface area contributed by atoms with Crippen molar-refractivity contribution in [3.63, 3.8) is 0 Å². The second-order valence-electron chi connectivity index (χ2n) is 4.70. The minimum Gasteiger partial charge on any atom is -0.481 e. The molecule has 0 bridgehead atoms. The molecule has 2 aromatic rings. The summed E-state index contributed by atoms with van der Waals surface area (Å²) in [6, 6.07) is 0. The first-order chi connectivity index (χ1) is 8.70. The number of fused-ring (bicyclic) bond motifs is 1. The van der Waals surface area contributed by atoms with Gasteiger partial charge in [0.25, 0.3) is 0 Å². The Hall–Kier alpha value is -1.40. The Morgan fingerprint density at radius 2 is 2.33 bits per heavy atom. The molecule has 0 aliphatic carbocycles. The van der Waals surface area contributed by atoms with Crippen LogP contribution in [0.25, 0.3) is 4.96 Å². The summed E-state index contributed by atoms with van der Waals surface area (Å²) in [7, 11) is 0. The van der Waals surface area contributed by atoms with E-state index in [9.17, 15) is 9.90 Å². The Morgan fingerprint density at radius 3 is 3.00 bits per heavy atom. The Balaban J connectivity index is 1.88. The highest BCUT2D eigenvalue weighted by Crippen LogP contribution is 2.34. The van der Waals surface area contributed by atoms with Crippen molar-refractivity contribution in [2.45, 2.75) is 19.3 Å². The number of thiazole rings is 1. The summed E-state index contributed by atoms with van der Waals surface area (Å²) in [6.45, 7) is 1.04. The third-order valence-electron chi connectivity index (χ3n) is 3.57. The molecule has 0 aromatic carbocycles. The molecular formula is C12H14N2O3S. The van der Waals surface area contributed by atoms with Crippen LogP contribution in [-0.4, -0.2) is 33.7 Å². The fraction of sp³-hybridized carbons (Fsp3) is 0.500. The van der Waals surface area contributed by atoms with Gasteiger partial charge in [0, 0.05) is 37.4 Å². The Morgan fingerprint density at radius 1 is 1.56 bits per heavy atom. The average Bonchev–Trinajstić information content (AvgIpc) is 2.90. The number of aliphatic carboxylic acids is 1. The van der Waals surface area contributed by atoms with E-state index in [1.54, 1.807) is 11.3 Å². The van der Waals surface area contributed by atoms with Gasteiger partial charge < -0.3 is 9.84 Å². The fourth-order valence-electron chi connectivity index (χ4n) is 2.44. The van der Waals surface area contributed by atoms with Crippen LogP contribution >= 0.6 is 11.3 Å². The molecule has 2 aromatic heterocycles. The summed E-state index contributed by atoms with van der Waals surface area (Å²) in [5.41, 5.74) is 0.147. The highest BCUT2D eigenvalue weighted by atomic mass is 32.1. The van der Waals surface area contributed by atoms with Crippen LogP contribution in [0.1, 0.15) is 18.5 Å². The molecule has 3 rings (SSSR count). The van der Waals surface area contributed by atoms with Gasteiger partial charge in [0.15, 0.2) is 4.96 Å². The SMILES string of the molecule is O=C(O)C1(Cc2cn3ccsc3n2)CCOCC1. The van der Waals surface area contributed by atoms with Crippen LogP contribution in [0.4, 0.5) is 0 Å². The molecule has 3 heterocycles. The maximum Gasteiger partial charge on any atom is 0.310 e. The minimum atomic E-state index is -0.734. The Bertz CT molecular complexity index is 540. The molecule has 18 heavy (non-hydrogen) atoms. The van der Waals surface area contributed by atoms with Crippen molar-refractivity contribution in [3.05, 3.63) is 23.5 Å². The summed E-state index contributed by atoms with van der Waals surface area (Å²) >= 11 is 1.56. The van der Waals surface area contributed by atoms with Crippen LogP contribution in [0.5, 0.6) is 0 Å². The lowest BCUT2D eigenvalue weighted by atomic mass is 9.76. The number of rotatable bonds is 3. The number of carbonyl (C=O) groups is 1. The number of ether oxygens (including phenoxy) is 1. The van der Waals surface area contributed by atoms with Crippen molar-refractivity contribution in [1.82, 2.24) is 9.38 Å². The van der Waals surface area contributed by atoms with E-state index in [4.69, 9.17) is 4.74 Å². The van der Waals surface area contributed by atoms with Crippen LogP contribution in [-0.2, 0) is 16.0 Å². The zero-order chi connectivity index (χ0) is 12.6. The van der Waals surface area contributed by atoms with Crippen LogP contribution < -0.4 is 0 Å². The van der Waals surface area contributed by atoms with Crippen molar-refractivity contribution in [3.8, 4) is 0 Å². The molecule has 1 fully saturated rings. The number of hydrogen-bond acceptors (Lipinski definition) is 4. The number of nitrogens with zero attached hydrogens (tertiary/aromatic N) is 2. The third kappa shape index (κ3) is 1.91. The molecule has 0 atom stereocenters. The van der Waals surface area contributed by atoms with Gasteiger partial charge in [-0.2, -0.15) is 0 Å². The van der Waals surface area contributed by atoms with Gasteiger partial charge in [-0.3, -0.25) is 9.20 Å². The monoisotopic (exact) mass is 266 g/mol. The first kappa shape index (κ1) is 11.7. The van der Waals surface area contributed by atoms with E-state index in [1.165, 1.54) is 0 Å². The molecular weight excluding hydrogens is 252 g/mol. The lowest BCUT2D eigenvalue weighted by molar-refractivity contribution is -0.154. The summed E-state index contributed by atoms with van der Waals surface area (Å²) in [4.78, 5) is 16.9. The number of carboxylic acid groups (broad SMARTS) is 1. The number of hydrogen-bond donors (Lipinski definition) is 1. The molecule has 96 valence electrons. The highest BCUT2D eigenvalue weighted by Gasteiger charge is 2.40. The molecule has 1 N–H and O–H groups in total. The molecule has 5 nitrogen and oxygen atoms in total. The van der Waals surface area contributed by atoms with E-state index in [0.29, 0.717) is 32.5 Å². The summed E-state index contributed by atoms with van der Waals surface area (Å²) in [6.07, 6.45) is 5.47. The lowest BCUT2D eigenvalue weighted by Gasteiger charge is -2.32. The normalized spacial score (nSPS) is 19.1. The quantitative estimate of drug-likeness (QED) is 0.920. The highest BCUT2D eigenvalue weighted by molar-refractivity contribution is 7.15. The van der Waals surface area contributed by atoms with Crippen LogP contribution in [0.3, 0.4) is 0 Å². The third-order valence-corrected chi connectivity index (χ3v) is 4.34. The van der Waals surface area contributed by atoms with E-state index in [2.05, 4.69) is 4.98 Å². The van der Waals surface area contributed by atoms with Crippen molar-refractivity contribution in [2.24, 2.45) is 5.41 Å². The van der Waals surface area contributed by atoms with Gasteiger partial charge >= 0.3 is 5.97 Å². The number of imidazole rings is 1. The zero-order valence-corrected chi connectivity index (χ0v) is 10.7. The molecule has 0 amide bonds. The van der Waals surface area contributed by atoms with Gasteiger partial charge in [-0.1, -0.05) is 0 Å². The molecule has 1 aliphatic heterocycles. The van der Waals surface area contributed by atoms with Crippen molar-refractivity contribution in [2.75, 3.05) is 13.2 Å². The Kier molecular flexibility index (Phi) is 2.83. The second kappa shape index (κ2) is 4.37. The van der Waals surface area contributed by atoms with Crippen LogP contribution in [0.15, 0.2) is 17.8 Å². The number of carboxylic acids is 1. The first-order valence-corrected chi connectivity index (χ1v) is 6.80. The lowest BCUT2D eigenvalue weighted by Crippen LogP contribution is -2.39. The molecule has 1 aliphatic rings. The largest absolute Gasteiger partial charge is 0.481 e. The van der Waals surface area contributed by atoms with Gasteiger partial charge in [0.05, 0.1) is 11.1 Å². The van der Waals surface area contributed by atoms with Crippen LogP contribution in [0.2, 0.25) is 0 Å². The Labute approximate surface area is 108 Å². The smallest absolute Gasteiger partial charge is 0.310 e.